The molecule has 0 N–H and O–H groups in total. The predicted molar refractivity (Wildman–Crippen MR) is 130 cm³/mol. The van der Waals surface area contributed by atoms with Crippen molar-refractivity contribution in [2.75, 3.05) is 0 Å². The summed E-state index contributed by atoms with van der Waals surface area (Å²) in [4.78, 5) is 30.4. The Morgan fingerprint density at radius 1 is 1.03 bits per heavy atom. The minimum atomic E-state index is -4.61. The van der Waals surface area contributed by atoms with Gasteiger partial charge in [0.2, 0.25) is 0 Å². The number of rotatable bonds is 4. The van der Waals surface area contributed by atoms with Gasteiger partial charge in [-0.1, -0.05) is 0 Å². The van der Waals surface area contributed by atoms with E-state index >= 15 is 0 Å². The largest absolute Gasteiger partial charge is 0.418 e. The van der Waals surface area contributed by atoms with Crippen LogP contribution in [0, 0.1) is 19.7 Å². The van der Waals surface area contributed by atoms with E-state index in [1.165, 1.54) is 23.0 Å². The second-order valence-corrected chi connectivity index (χ2v) is 9.61. The van der Waals surface area contributed by atoms with Gasteiger partial charge in [-0.3, -0.25) is 24.3 Å². The van der Waals surface area contributed by atoms with Gasteiger partial charge in [0.15, 0.2) is 5.65 Å². The van der Waals surface area contributed by atoms with Crippen molar-refractivity contribution in [1.29, 1.82) is 0 Å². The second kappa shape index (κ2) is 9.64. The Morgan fingerprint density at radius 3 is 2.46 bits per heavy atom. The van der Waals surface area contributed by atoms with Crippen molar-refractivity contribution in [3.8, 4) is 0 Å². The molecule has 0 bridgehead atoms. The molecule has 5 rings (SSSR count). The van der Waals surface area contributed by atoms with Gasteiger partial charge in [-0.25, -0.2) is 9.37 Å². The summed E-state index contributed by atoms with van der Waals surface area (Å²) in [6, 6.07) is 3.88. The first kappa shape index (κ1) is 25.0. The summed E-state index contributed by atoms with van der Waals surface area (Å²) in [5.41, 5.74) is 1.60. The lowest BCUT2D eigenvalue weighted by molar-refractivity contribution is -0.138. The lowest BCUT2D eigenvalue weighted by Crippen LogP contribution is -2.29. The highest BCUT2D eigenvalue weighted by Gasteiger charge is 2.34. The van der Waals surface area contributed by atoms with Crippen LogP contribution < -0.4 is 5.56 Å². The third-order valence-electron chi connectivity index (χ3n) is 7.16. The van der Waals surface area contributed by atoms with E-state index in [-0.39, 0.29) is 35.5 Å². The van der Waals surface area contributed by atoms with E-state index in [0.29, 0.717) is 48.0 Å². The van der Waals surface area contributed by atoms with Crippen LogP contribution in [0.3, 0.4) is 0 Å². The Labute approximate surface area is 210 Å². The first-order chi connectivity index (χ1) is 17.6. The molecule has 10 heteroatoms. The van der Waals surface area contributed by atoms with Gasteiger partial charge in [-0.2, -0.15) is 13.2 Å². The highest BCUT2D eigenvalue weighted by molar-refractivity contribution is 5.71. The maximum atomic E-state index is 14.5. The number of hydrogen-bond acceptors (Lipinski definition) is 5. The Bertz CT molecular complexity index is 1500. The van der Waals surface area contributed by atoms with Crippen LogP contribution in [0.4, 0.5) is 17.6 Å². The van der Waals surface area contributed by atoms with E-state index < -0.39 is 17.3 Å². The summed E-state index contributed by atoms with van der Waals surface area (Å²) in [6.45, 7) is 3.17. The zero-order chi connectivity index (χ0) is 26.3. The van der Waals surface area contributed by atoms with Gasteiger partial charge in [0.1, 0.15) is 11.3 Å². The summed E-state index contributed by atoms with van der Waals surface area (Å²) in [7, 11) is 0. The fourth-order valence-corrected chi connectivity index (χ4v) is 5.40. The number of alkyl halides is 3. The van der Waals surface area contributed by atoms with E-state index in [9.17, 15) is 22.4 Å². The third-order valence-corrected chi connectivity index (χ3v) is 7.16. The lowest BCUT2D eigenvalue weighted by Gasteiger charge is -2.30. The SMILES string of the molecule is Cc1cnc2cc(C3CCC(c4c(C)cncc4F)CC3)c(=O)n(Cc3ncccc3C(F)(F)F)c2n1. The first-order valence-electron chi connectivity index (χ1n) is 12.1. The molecule has 0 spiro atoms. The van der Waals surface area contributed by atoms with Gasteiger partial charge >= 0.3 is 6.18 Å². The second-order valence-electron chi connectivity index (χ2n) is 9.61. The molecule has 0 saturated heterocycles. The Morgan fingerprint density at radius 2 is 1.76 bits per heavy atom. The molecule has 1 fully saturated rings. The zero-order valence-corrected chi connectivity index (χ0v) is 20.4. The van der Waals surface area contributed by atoms with E-state index in [1.54, 1.807) is 25.4 Å². The topological polar surface area (TPSA) is 73.6 Å². The number of fused-ring (bicyclic) bond motifs is 1. The van der Waals surface area contributed by atoms with Crippen molar-refractivity contribution >= 4 is 11.2 Å². The predicted octanol–water partition coefficient (Wildman–Crippen LogP) is 5.85. The summed E-state index contributed by atoms with van der Waals surface area (Å²) in [6.07, 6.45) is 3.76. The van der Waals surface area contributed by atoms with Gasteiger partial charge in [-0.05, 0) is 80.7 Å². The van der Waals surface area contributed by atoms with Crippen molar-refractivity contribution in [2.24, 2.45) is 0 Å². The maximum absolute atomic E-state index is 14.5. The number of aromatic nitrogens is 5. The van der Waals surface area contributed by atoms with Gasteiger partial charge in [0, 0.05) is 24.2 Å². The van der Waals surface area contributed by atoms with Crippen LogP contribution in [0.15, 0.2) is 47.8 Å². The van der Waals surface area contributed by atoms with Crippen molar-refractivity contribution in [2.45, 2.75) is 64.1 Å². The molecular weight excluding hydrogens is 486 g/mol. The molecule has 4 aromatic rings. The highest BCUT2D eigenvalue weighted by Crippen LogP contribution is 2.41. The minimum absolute atomic E-state index is 0.0206. The van der Waals surface area contributed by atoms with Crippen molar-refractivity contribution in [3.05, 3.63) is 92.8 Å². The molecule has 0 aromatic carbocycles. The molecule has 37 heavy (non-hydrogen) atoms. The molecule has 1 saturated carbocycles. The Hall–Kier alpha value is -3.69. The van der Waals surface area contributed by atoms with Crippen LogP contribution in [-0.2, 0) is 12.7 Å². The van der Waals surface area contributed by atoms with E-state index in [4.69, 9.17) is 0 Å². The molecule has 1 aliphatic rings. The van der Waals surface area contributed by atoms with E-state index in [1.807, 2.05) is 6.92 Å². The molecule has 0 atom stereocenters. The Balaban J connectivity index is 1.53. The summed E-state index contributed by atoms with van der Waals surface area (Å²) >= 11 is 0. The Kier molecular flexibility index (Phi) is 6.51. The molecular formula is C27H25F4N5O. The van der Waals surface area contributed by atoms with E-state index in [2.05, 4.69) is 19.9 Å². The fourth-order valence-electron chi connectivity index (χ4n) is 5.40. The van der Waals surface area contributed by atoms with Gasteiger partial charge in [0.25, 0.3) is 5.56 Å². The maximum Gasteiger partial charge on any atom is 0.418 e. The molecule has 0 unspecified atom stereocenters. The van der Waals surface area contributed by atoms with Gasteiger partial charge in [-0.15, -0.1) is 0 Å². The monoisotopic (exact) mass is 511 g/mol. The van der Waals surface area contributed by atoms with Crippen LogP contribution in [0.25, 0.3) is 11.2 Å². The molecule has 192 valence electrons. The van der Waals surface area contributed by atoms with Crippen LogP contribution >= 0.6 is 0 Å². The van der Waals surface area contributed by atoms with Crippen LogP contribution in [-0.4, -0.2) is 24.5 Å². The molecule has 0 aliphatic heterocycles. The van der Waals surface area contributed by atoms with Gasteiger partial charge in [0.05, 0.1) is 29.7 Å². The first-order valence-corrected chi connectivity index (χ1v) is 12.1. The van der Waals surface area contributed by atoms with Crippen molar-refractivity contribution in [1.82, 2.24) is 24.5 Å². The average molecular weight is 512 g/mol. The summed E-state index contributed by atoms with van der Waals surface area (Å²) in [5, 5.41) is 0. The van der Waals surface area contributed by atoms with Gasteiger partial charge < -0.3 is 0 Å². The molecule has 1 aliphatic carbocycles. The third kappa shape index (κ3) is 4.84. The number of pyridine rings is 3. The van der Waals surface area contributed by atoms with Crippen LogP contribution in [0.1, 0.15) is 71.2 Å². The molecule has 4 aromatic heterocycles. The molecule has 6 nitrogen and oxygen atoms in total. The number of aryl methyl sites for hydroxylation is 2. The standard InChI is InChI=1S/C27H25F4N5O/c1-15-11-32-13-21(28)24(15)18-7-5-17(6-8-18)19-10-22-25(35-16(2)12-34-22)36(26(19)37)14-23-20(27(29,30)31)4-3-9-33-23/h3-4,9-13,17-18H,5-8,14H2,1-2H3. The van der Waals surface area contributed by atoms with Crippen molar-refractivity contribution in [3.63, 3.8) is 0 Å². The molecule has 4 heterocycles. The lowest BCUT2D eigenvalue weighted by atomic mass is 9.75. The molecule has 0 amide bonds. The fraction of sp³-hybridized carbons (Fsp3) is 0.370. The van der Waals surface area contributed by atoms with E-state index in [0.717, 1.165) is 11.6 Å². The highest BCUT2D eigenvalue weighted by atomic mass is 19.4. The number of nitrogens with zero attached hydrogens (tertiary/aromatic N) is 5. The average Bonchev–Trinajstić information content (AvgIpc) is 2.86. The normalized spacial score (nSPS) is 18.3. The van der Waals surface area contributed by atoms with Crippen LogP contribution in [0.5, 0.6) is 0 Å². The quantitative estimate of drug-likeness (QED) is 0.322. The summed E-state index contributed by atoms with van der Waals surface area (Å²) < 4.78 is 56.7. The van der Waals surface area contributed by atoms with Crippen molar-refractivity contribution < 1.29 is 17.6 Å². The zero-order valence-electron chi connectivity index (χ0n) is 20.4. The summed E-state index contributed by atoms with van der Waals surface area (Å²) in [5.74, 6) is -0.427. The molecule has 0 radical (unpaired) electrons. The number of halogens is 4. The number of hydrogen-bond donors (Lipinski definition) is 0. The van der Waals surface area contributed by atoms with Crippen LogP contribution in [0.2, 0.25) is 0 Å². The smallest absolute Gasteiger partial charge is 0.285 e. The minimum Gasteiger partial charge on any atom is -0.285 e.